The predicted octanol–water partition coefficient (Wildman–Crippen LogP) is 3.81. The first kappa shape index (κ1) is 19.3. The zero-order valence-corrected chi connectivity index (χ0v) is 16.7. The average molecular weight is 414 g/mol. The Morgan fingerprint density at radius 1 is 1.31 bits per heavy atom. The van der Waals surface area contributed by atoms with Crippen molar-refractivity contribution in [2.24, 2.45) is 0 Å². The standard InChI is InChI=1S/C20H19FN4O3S/c1-12(29-2)19(26)22-18-17-15(24-9-10-28-20(24)27)7-4-8-16(17)25(23-18)14-6-3-5-13(21)11-14/h3-8,11-12H,9-10H2,1-2H3,(H,22,23,26). The number of hydrogen-bond acceptors (Lipinski definition) is 5. The smallest absolute Gasteiger partial charge is 0.414 e. The molecule has 0 saturated carbocycles. The highest BCUT2D eigenvalue weighted by Gasteiger charge is 2.28. The monoisotopic (exact) mass is 414 g/mol. The minimum absolute atomic E-state index is 0.206. The number of thioether (sulfide) groups is 1. The molecule has 1 aromatic heterocycles. The third kappa shape index (κ3) is 3.53. The molecule has 0 spiro atoms. The number of ether oxygens (including phenoxy) is 1. The summed E-state index contributed by atoms with van der Waals surface area (Å²) in [5, 5.41) is 7.71. The molecule has 1 aliphatic rings. The molecule has 2 amide bonds. The van der Waals surface area contributed by atoms with E-state index < -0.39 is 11.9 Å². The maximum atomic E-state index is 13.8. The molecule has 1 atom stereocenters. The number of cyclic esters (lactones) is 1. The second-order valence-corrected chi connectivity index (χ2v) is 7.72. The van der Waals surface area contributed by atoms with Crippen LogP contribution in [-0.2, 0) is 9.53 Å². The third-order valence-corrected chi connectivity index (χ3v) is 5.68. The highest BCUT2D eigenvalue weighted by molar-refractivity contribution is 7.99. The maximum Gasteiger partial charge on any atom is 0.414 e. The Labute approximate surface area is 170 Å². The fraction of sp³-hybridized carbons (Fsp3) is 0.250. The number of carbonyl (C=O) groups is 2. The quantitative estimate of drug-likeness (QED) is 0.687. The zero-order valence-electron chi connectivity index (χ0n) is 15.9. The van der Waals surface area contributed by atoms with E-state index >= 15 is 0 Å². The number of fused-ring (bicyclic) bond motifs is 1. The maximum absolute atomic E-state index is 13.8. The lowest BCUT2D eigenvalue weighted by Gasteiger charge is -2.15. The molecule has 7 nitrogen and oxygen atoms in total. The normalized spacial score (nSPS) is 14.9. The van der Waals surface area contributed by atoms with Crippen molar-refractivity contribution in [3.8, 4) is 5.69 Å². The van der Waals surface area contributed by atoms with Crippen molar-refractivity contribution >= 4 is 46.2 Å². The van der Waals surface area contributed by atoms with E-state index in [-0.39, 0.29) is 11.2 Å². The Balaban J connectivity index is 1.91. The van der Waals surface area contributed by atoms with E-state index in [0.29, 0.717) is 41.2 Å². The summed E-state index contributed by atoms with van der Waals surface area (Å²) in [5.74, 6) is -0.292. The van der Waals surface area contributed by atoms with Crippen molar-refractivity contribution in [2.75, 3.05) is 29.6 Å². The number of hydrogen-bond donors (Lipinski definition) is 1. The van der Waals surface area contributed by atoms with E-state index in [4.69, 9.17) is 4.74 Å². The molecule has 9 heteroatoms. The largest absolute Gasteiger partial charge is 0.447 e. The molecule has 1 saturated heterocycles. The fourth-order valence-corrected chi connectivity index (χ4v) is 3.48. The van der Waals surface area contributed by atoms with E-state index in [2.05, 4.69) is 10.4 Å². The third-order valence-electron chi connectivity index (χ3n) is 4.75. The van der Waals surface area contributed by atoms with Crippen molar-refractivity contribution in [2.45, 2.75) is 12.2 Å². The van der Waals surface area contributed by atoms with Crippen molar-refractivity contribution in [3.63, 3.8) is 0 Å². The fourth-order valence-electron chi connectivity index (χ4n) is 3.21. The molecule has 0 radical (unpaired) electrons. The summed E-state index contributed by atoms with van der Waals surface area (Å²) in [5.41, 5.74) is 1.73. The van der Waals surface area contributed by atoms with E-state index in [1.54, 1.807) is 35.9 Å². The number of amides is 2. The van der Waals surface area contributed by atoms with Gasteiger partial charge in [-0.2, -0.15) is 11.8 Å². The first-order valence-corrected chi connectivity index (χ1v) is 10.3. The van der Waals surface area contributed by atoms with Gasteiger partial charge in [-0.05, 0) is 43.5 Å². The van der Waals surface area contributed by atoms with Crippen LogP contribution in [-0.4, -0.2) is 46.4 Å². The van der Waals surface area contributed by atoms with Crippen LogP contribution in [0.2, 0.25) is 0 Å². The summed E-state index contributed by atoms with van der Waals surface area (Å²) in [7, 11) is 0. The first-order valence-electron chi connectivity index (χ1n) is 9.05. The van der Waals surface area contributed by atoms with Gasteiger partial charge in [0.05, 0.1) is 34.1 Å². The lowest BCUT2D eigenvalue weighted by molar-refractivity contribution is -0.115. The van der Waals surface area contributed by atoms with Crippen LogP contribution in [0.15, 0.2) is 42.5 Å². The number of halogens is 1. The van der Waals surface area contributed by atoms with E-state index in [9.17, 15) is 14.0 Å². The van der Waals surface area contributed by atoms with Gasteiger partial charge in [0, 0.05) is 0 Å². The summed E-state index contributed by atoms with van der Waals surface area (Å²) >= 11 is 1.41. The summed E-state index contributed by atoms with van der Waals surface area (Å²) in [6.45, 7) is 2.49. The van der Waals surface area contributed by atoms with Gasteiger partial charge in [0.15, 0.2) is 5.82 Å². The minimum Gasteiger partial charge on any atom is -0.447 e. The Kier molecular flexibility index (Phi) is 5.14. The van der Waals surface area contributed by atoms with E-state index in [1.807, 2.05) is 12.3 Å². The SMILES string of the molecule is CSC(C)C(=O)Nc1nn(-c2cccc(F)c2)c2cccc(N3CCOC3=O)c12. The molecule has 0 bridgehead atoms. The molecule has 1 unspecified atom stereocenters. The van der Waals surface area contributed by atoms with Gasteiger partial charge in [0.1, 0.15) is 12.4 Å². The number of nitrogens with zero attached hydrogens (tertiary/aromatic N) is 3. The average Bonchev–Trinajstić information content (AvgIpc) is 3.31. The summed E-state index contributed by atoms with van der Waals surface area (Å²) in [6, 6.07) is 11.4. The van der Waals surface area contributed by atoms with Gasteiger partial charge < -0.3 is 10.1 Å². The Bertz CT molecular complexity index is 1100. The van der Waals surface area contributed by atoms with E-state index in [0.717, 1.165) is 0 Å². The highest BCUT2D eigenvalue weighted by Crippen LogP contribution is 2.36. The highest BCUT2D eigenvalue weighted by atomic mass is 32.2. The van der Waals surface area contributed by atoms with Crippen molar-refractivity contribution in [1.82, 2.24) is 9.78 Å². The van der Waals surface area contributed by atoms with Crippen LogP contribution in [0, 0.1) is 5.82 Å². The minimum atomic E-state index is -0.453. The topological polar surface area (TPSA) is 76.5 Å². The van der Waals surface area contributed by atoms with Crippen molar-refractivity contribution < 1.29 is 18.7 Å². The Morgan fingerprint density at radius 3 is 2.79 bits per heavy atom. The van der Waals surface area contributed by atoms with Crippen LogP contribution in [0.3, 0.4) is 0 Å². The van der Waals surface area contributed by atoms with Gasteiger partial charge in [-0.15, -0.1) is 5.10 Å². The lowest BCUT2D eigenvalue weighted by Crippen LogP contribution is -2.25. The molecule has 1 aliphatic heterocycles. The Morgan fingerprint density at radius 2 is 2.10 bits per heavy atom. The molecule has 4 rings (SSSR count). The van der Waals surface area contributed by atoms with Gasteiger partial charge in [-0.25, -0.2) is 13.9 Å². The number of rotatable bonds is 5. The number of anilines is 2. The molecule has 1 fully saturated rings. The van der Waals surface area contributed by atoms with Gasteiger partial charge in [0.2, 0.25) is 5.91 Å². The summed E-state index contributed by atoms with van der Waals surface area (Å²) < 4.78 is 20.4. The zero-order chi connectivity index (χ0) is 20.5. The van der Waals surface area contributed by atoms with Crippen LogP contribution in [0.4, 0.5) is 20.7 Å². The summed E-state index contributed by atoms with van der Waals surface area (Å²) in [4.78, 5) is 26.2. The first-order chi connectivity index (χ1) is 14.0. The van der Waals surface area contributed by atoms with Crippen LogP contribution in [0.5, 0.6) is 0 Å². The van der Waals surface area contributed by atoms with Crippen LogP contribution >= 0.6 is 11.8 Å². The van der Waals surface area contributed by atoms with Gasteiger partial charge >= 0.3 is 6.09 Å². The number of benzene rings is 2. The number of carbonyl (C=O) groups excluding carboxylic acids is 2. The van der Waals surface area contributed by atoms with Crippen LogP contribution < -0.4 is 10.2 Å². The van der Waals surface area contributed by atoms with Crippen LogP contribution in [0.1, 0.15) is 6.92 Å². The van der Waals surface area contributed by atoms with Gasteiger partial charge in [0.25, 0.3) is 0 Å². The molecule has 2 heterocycles. The molecule has 0 aliphatic carbocycles. The van der Waals surface area contributed by atoms with Gasteiger partial charge in [-0.1, -0.05) is 12.1 Å². The molecule has 150 valence electrons. The molecule has 29 heavy (non-hydrogen) atoms. The molecular formula is C20H19FN4O3S. The lowest BCUT2D eigenvalue weighted by atomic mass is 10.2. The second kappa shape index (κ2) is 7.75. The van der Waals surface area contributed by atoms with Crippen LogP contribution in [0.25, 0.3) is 16.6 Å². The van der Waals surface area contributed by atoms with Gasteiger partial charge in [-0.3, -0.25) is 9.69 Å². The number of nitrogens with one attached hydrogen (secondary N) is 1. The molecule has 2 aromatic carbocycles. The Hall–Kier alpha value is -3.07. The van der Waals surface area contributed by atoms with Crippen molar-refractivity contribution in [3.05, 3.63) is 48.3 Å². The predicted molar refractivity (Wildman–Crippen MR) is 111 cm³/mol. The van der Waals surface area contributed by atoms with Crippen molar-refractivity contribution in [1.29, 1.82) is 0 Å². The molecule has 3 aromatic rings. The molecule has 1 N–H and O–H groups in total. The van der Waals surface area contributed by atoms with E-state index in [1.165, 1.54) is 28.8 Å². The summed E-state index contributed by atoms with van der Waals surface area (Å²) in [6.07, 6.45) is 1.39. The second-order valence-electron chi connectivity index (χ2n) is 6.54. The molecular weight excluding hydrogens is 395 g/mol. The number of aromatic nitrogens is 2.